The Bertz CT molecular complexity index is 501. The van der Waals surface area contributed by atoms with Gasteiger partial charge in [-0.3, -0.25) is 0 Å². The van der Waals surface area contributed by atoms with E-state index in [1.807, 2.05) is 24.3 Å². The Morgan fingerprint density at radius 2 is 2.12 bits per heavy atom. The lowest BCUT2D eigenvalue weighted by Crippen LogP contribution is -2.41. The van der Waals surface area contributed by atoms with E-state index in [1.54, 1.807) is 6.92 Å². The minimum absolute atomic E-state index is 0.319. The Morgan fingerprint density at radius 1 is 1.41 bits per heavy atom. The van der Waals surface area contributed by atoms with Crippen molar-refractivity contribution in [3.63, 3.8) is 0 Å². The smallest absolute Gasteiger partial charge is 0.277 e. The molecule has 0 unspecified atom stereocenters. The first-order valence-corrected chi connectivity index (χ1v) is 7.04. The predicted octanol–water partition coefficient (Wildman–Crippen LogP) is 0.0886. The quantitative estimate of drug-likeness (QED) is 0.714. The molecule has 0 bridgehead atoms. The molecule has 0 saturated carbocycles. The fourth-order valence-electron chi connectivity index (χ4n) is 2.11. The zero-order chi connectivity index (χ0) is 12.5. The normalized spacial score (nSPS) is 23.6. The van der Waals surface area contributed by atoms with E-state index in [2.05, 4.69) is 9.44 Å². The minimum Gasteiger partial charge on any atom is -0.391 e. The number of rotatable bonds is 4. The van der Waals surface area contributed by atoms with Crippen LogP contribution in [0.2, 0.25) is 0 Å². The minimum atomic E-state index is -3.55. The Labute approximate surface area is 101 Å². The lowest BCUT2D eigenvalue weighted by Gasteiger charge is -2.17. The molecular weight excluding hydrogens is 240 g/mol. The molecule has 0 saturated heterocycles. The van der Waals surface area contributed by atoms with Gasteiger partial charge in [0.1, 0.15) is 0 Å². The summed E-state index contributed by atoms with van der Waals surface area (Å²) < 4.78 is 28.0. The third-order valence-corrected chi connectivity index (χ3v) is 4.05. The largest absolute Gasteiger partial charge is 0.391 e. The summed E-state index contributed by atoms with van der Waals surface area (Å²) in [5.41, 5.74) is 1.84. The van der Waals surface area contributed by atoms with Crippen LogP contribution >= 0.6 is 0 Å². The van der Waals surface area contributed by atoms with Crippen molar-refractivity contribution in [1.82, 2.24) is 9.44 Å². The van der Waals surface area contributed by atoms with E-state index >= 15 is 0 Å². The highest BCUT2D eigenvalue weighted by Crippen LogP contribution is 2.31. The van der Waals surface area contributed by atoms with Gasteiger partial charge in [0.15, 0.2) is 0 Å². The van der Waals surface area contributed by atoms with Gasteiger partial charge in [-0.05, 0) is 11.1 Å². The van der Waals surface area contributed by atoms with Crippen molar-refractivity contribution in [2.75, 3.05) is 6.54 Å². The first-order chi connectivity index (χ1) is 8.03. The van der Waals surface area contributed by atoms with Crippen LogP contribution in [0.5, 0.6) is 0 Å². The lowest BCUT2D eigenvalue weighted by atomic mass is 10.1. The van der Waals surface area contributed by atoms with Gasteiger partial charge in [-0.2, -0.15) is 13.1 Å². The molecule has 0 aromatic heterocycles. The molecule has 2 atom stereocenters. The molecule has 17 heavy (non-hydrogen) atoms. The lowest BCUT2D eigenvalue weighted by molar-refractivity contribution is 0.151. The summed E-state index contributed by atoms with van der Waals surface area (Å²) in [4.78, 5) is 0. The van der Waals surface area contributed by atoms with Crippen LogP contribution in [0.25, 0.3) is 0 Å². The van der Waals surface area contributed by atoms with E-state index in [0.717, 1.165) is 11.1 Å². The SMILES string of the molecule is CCNS(=O)(=O)N[C@H]1c2ccccc2C[C@H]1O. The van der Waals surface area contributed by atoms with Gasteiger partial charge < -0.3 is 5.11 Å². The third-order valence-electron chi connectivity index (χ3n) is 2.82. The summed E-state index contributed by atoms with van der Waals surface area (Å²) in [6.45, 7) is 2.03. The van der Waals surface area contributed by atoms with E-state index in [1.165, 1.54) is 0 Å². The van der Waals surface area contributed by atoms with Gasteiger partial charge in [-0.25, -0.2) is 4.72 Å². The third kappa shape index (κ3) is 2.66. The van der Waals surface area contributed by atoms with Gasteiger partial charge in [-0.1, -0.05) is 31.2 Å². The molecular formula is C11H16N2O3S. The highest BCUT2D eigenvalue weighted by Gasteiger charge is 2.33. The number of fused-ring (bicyclic) bond motifs is 1. The van der Waals surface area contributed by atoms with Crippen LogP contribution in [0.15, 0.2) is 24.3 Å². The van der Waals surface area contributed by atoms with Crippen LogP contribution in [0.3, 0.4) is 0 Å². The maximum Gasteiger partial charge on any atom is 0.277 e. The summed E-state index contributed by atoms with van der Waals surface area (Å²) in [7, 11) is -3.55. The van der Waals surface area contributed by atoms with E-state index in [0.29, 0.717) is 13.0 Å². The number of benzene rings is 1. The second kappa shape index (κ2) is 4.73. The maximum absolute atomic E-state index is 11.6. The summed E-state index contributed by atoms with van der Waals surface area (Å²) in [6.07, 6.45) is -0.226. The van der Waals surface area contributed by atoms with Gasteiger partial charge in [-0.15, -0.1) is 0 Å². The maximum atomic E-state index is 11.6. The van der Waals surface area contributed by atoms with Crippen molar-refractivity contribution in [3.05, 3.63) is 35.4 Å². The number of hydrogen-bond donors (Lipinski definition) is 3. The molecule has 5 nitrogen and oxygen atoms in total. The Balaban J connectivity index is 2.23. The van der Waals surface area contributed by atoms with Gasteiger partial charge in [0, 0.05) is 13.0 Å². The summed E-state index contributed by atoms with van der Waals surface area (Å²) in [5.74, 6) is 0. The van der Waals surface area contributed by atoms with E-state index in [-0.39, 0.29) is 0 Å². The van der Waals surface area contributed by atoms with Crippen molar-refractivity contribution < 1.29 is 13.5 Å². The van der Waals surface area contributed by atoms with Gasteiger partial charge in [0.25, 0.3) is 10.2 Å². The molecule has 1 aromatic carbocycles. The van der Waals surface area contributed by atoms with Crippen LogP contribution in [-0.2, 0) is 16.6 Å². The second-order valence-corrected chi connectivity index (χ2v) is 5.60. The summed E-state index contributed by atoms with van der Waals surface area (Å²) in [6, 6.07) is 6.90. The molecule has 1 aromatic rings. The molecule has 3 N–H and O–H groups in total. The van der Waals surface area contributed by atoms with Crippen molar-refractivity contribution in [3.8, 4) is 0 Å². The van der Waals surface area contributed by atoms with Crippen LogP contribution in [0.4, 0.5) is 0 Å². The number of aliphatic hydroxyl groups excluding tert-OH is 1. The second-order valence-electron chi connectivity index (χ2n) is 4.07. The number of nitrogens with one attached hydrogen (secondary N) is 2. The molecule has 6 heteroatoms. The van der Waals surface area contributed by atoms with Crippen molar-refractivity contribution in [2.24, 2.45) is 0 Å². The average Bonchev–Trinajstić information content (AvgIpc) is 2.55. The van der Waals surface area contributed by atoms with Gasteiger partial charge in [0.05, 0.1) is 12.1 Å². The highest BCUT2D eigenvalue weighted by atomic mass is 32.2. The van der Waals surface area contributed by atoms with Crippen LogP contribution in [-0.4, -0.2) is 26.2 Å². The van der Waals surface area contributed by atoms with Crippen molar-refractivity contribution in [2.45, 2.75) is 25.5 Å². The van der Waals surface area contributed by atoms with Crippen molar-refractivity contribution >= 4 is 10.2 Å². The first-order valence-electron chi connectivity index (χ1n) is 5.56. The molecule has 94 valence electrons. The molecule has 0 aliphatic heterocycles. The average molecular weight is 256 g/mol. The Kier molecular flexibility index (Phi) is 3.48. The monoisotopic (exact) mass is 256 g/mol. The highest BCUT2D eigenvalue weighted by molar-refractivity contribution is 7.87. The molecule has 2 rings (SSSR count). The zero-order valence-electron chi connectivity index (χ0n) is 9.55. The molecule has 0 fully saturated rings. The van der Waals surface area contributed by atoms with Crippen molar-refractivity contribution in [1.29, 1.82) is 0 Å². The number of aliphatic hydroxyl groups is 1. The fraction of sp³-hybridized carbons (Fsp3) is 0.455. The Morgan fingerprint density at radius 3 is 2.82 bits per heavy atom. The first kappa shape index (κ1) is 12.5. The zero-order valence-corrected chi connectivity index (χ0v) is 10.4. The van der Waals surface area contributed by atoms with Gasteiger partial charge >= 0.3 is 0 Å². The standard InChI is InChI=1S/C11H16N2O3S/c1-2-12-17(15,16)13-11-9-6-4-3-5-8(9)7-10(11)14/h3-6,10-14H,2,7H2,1H3/t10-,11+/m1/s1. The van der Waals surface area contributed by atoms with E-state index < -0.39 is 22.4 Å². The fourth-order valence-corrected chi connectivity index (χ4v) is 3.20. The summed E-state index contributed by atoms with van der Waals surface area (Å²) >= 11 is 0. The van der Waals surface area contributed by atoms with Crippen LogP contribution in [0.1, 0.15) is 24.1 Å². The van der Waals surface area contributed by atoms with Crippen LogP contribution < -0.4 is 9.44 Å². The molecule has 0 spiro atoms. The molecule has 0 amide bonds. The van der Waals surface area contributed by atoms with Gasteiger partial charge in [0.2, 0.25) is 0 Å². The summed E-state index contributed by atoms with van der Waals surface area (Å²) in [5, 5.41) is 9.89. The number of hydrogen-bond acceptors (Lipinski definition) is 3. The molecule has 0 heterocycles. The Hall–Kier alpha value is -0.950. The molecule has 1 aliphatic carbocycles. The molecule has 0 radical (unpaired) electrons. The topological polar surface area (TPSA) is 78.4 Å². The predicted molar refractivity (Wildman–Crippen MR) is 64.6 cm³/mol. The molecule has 1 aliphatic rings. The van der Waals surface area contributed by atoms with E-state index in [4.69, 9.17) is 0 Å². The van der Waals surface area contributed by atoms with E-state index in [9.17, 15) is 13.5 Å². The van der Waals surface area contributed by atoms with Crippen LogP contribution in [0, 0.1) is 0 Å².